The van der Waals surface area contributed by atoms with Crippen LogP contribution in [0.5, 0.6) is 5.75 Å². The maximum absolute atomic E-state index is 12.1. The van der Waals surface area contributed by atoms with Gasteiger partial charge in [-0.25, -0.2) is 0 Å². The van der Waals surface area contributed by atoms with Crippen molar-refractivity contribution in [3.05, 3.63) is 82.6 Å². The minimum atomic E-state index is 0.0131. The Hall–Kier alpha value is -2.83. The number of thiophene rings is 1. The topological polar surface area (TPSA) is 44.8 Å². The highest BCUT2D eigenvalue weighted by Gasteiger charge is 2.19. The van der Waals surface area contributed by atoms with Crippen molar-refractivity contribution in [3.63, 3.8) is 0 Å². The third kappa shape index (κ3) is 6.34. The number of hydrogen-bond acceptors (Lipinski definition) is 5. The molecule has 1 aromatic heterocycles. The van der Waals surface area contributed by atoms with Gasteiger partial charge in [0.25, 0.3) is 5.91 Å². The van der Waals surface area contributed by atoms with Crippen LogP contribution in [0.1, 0.15) is 28.8 Å². The Morgan fingerprint density at radius 2 is 1.72 bits per heavy atom. The predicted octanol–water partition coefficient (Wildman–Crippen LogP) is 4.66. The molecule has 0 saturated carbocycles. The molecule has 1 aliphatic rings. The van der Waals surface area contributed by atoms with Gasteiger partial charge < -0.3 is 15.0 Å². The van der Waals surface area contributed by atoms with Crippen molar-refractivity contribution in [1.82, 2.24) is 10.2 Å². The van der Waals surface area contributed by atoms with Crippen molar-refractivity contribution in [2.24, 2.45) is 0 Å². The molecule has 6 heteroatoms. The Kier molecular flexibility index (Phi) is 8.17. The van der Waals surface area contributed by atoms with E-state index in [-0.39, 0.29) is 5.91 Å². The Balaban J connectivity index is 1.16. The first-order chi connectivity index (χ1) is 15.8. The molecule has 168 valence electrons. The molecule has 0 atom stereocenters. The van der Waals surface area contributed by atoms with E-state index in [0.717, 1.165) is 63.4 Å². The molecule has 0 bridgehead atoms. The lowest BCUT2D eigenvalue weighted by molar-refractivity contribution is 0.0952. The van der Waals surface area contributed by atoms with Crippen LogP contribution in [0.15, 0.2) is 71.4 Å². The molecule has 0 spiro atoms. The zero-order valence-corrected chi connectivity index (χ0v) is 19.2. The molecule has 2 heterocycles. The third-order valence-electron chi connectivity index (χ3n) is 5.78. The van der Waals surface area contributed by atoms with E-state index < -0.39 is 0 Å². The molecule has 2 aromatic carbocycles. The molecule has 1 amide bonds. The van der Waals surface area contributed by atoms with Crippen molar-refractivity contribution in [1.29, 1.82) is 0 Å². The van der Waals surface area contributed by atoms with Gasteiger partial charge in [-0.1, -0.05) is 30.3 Å². The fourth-order valence-corrected chi connectivity index (χ4v) is 4.60. The zero-order chi connectivity index (χ0) is 22.0. The van der Waals surface area contributed by atoms with E-state index in [1.807, 2.05) is 36.4 Å². The number of nitrogens with one attached hydrogen (secondary N) is 1. The fourth-order valence-electron chi connectivity index (χ4n) is 3.94. The summed E-state index contributed by atoms with van der Waals surface area (Å²) in [6.45, 7) is 6.52. The monoisotopic (exact) mass is 449 g/mol. The second-order valence-electron chi connectivity index (χ2n) is 8.05. The first-order valence-electron chi connectivity index (χ1n) is 11.3. The average Bonchev–Trinajstić information content (AvgIpc) is 3.37. The number of amides is 1. The maximum atomic E-state index is 12.1. The number of piperazine rings is 1. The summed E-state index contributed by atoms with van der Waals surface area (Å²) >= 11 is 1.70. The number of hydrogen-bond donors (Lipinski definition) is 1. The van der Waals surface area contributed by atoms with Gasteiger partial charge in [0.05, 0.1) is 5.69 Å². The van der Waals surface area contributed by atoms with Gasteiger partial charge in [-0.05, 0) is 66.0 Å². The Morgan fingerprint density at radius 1 is 0.938 bits per heavy atom. The van der Waals surface area contributed by atoms with E-state index in [0.29, 0.717) is 6.61 Å². The van der Waals surface area contributed by atoms with Crippen LogP contribution in [-0.4, -0.2) is 50.1 Å². The third-order valence-corrected chi connectivity index (χ3v) is 6.51. The lowest BCUT2D eigenvalue weighted by Crippen LogP contribution is -2.46. The molecule has 1 saturated heterocycles. The maximum Gasteiger partial charge on any atom is 0.251 e. The number of unbranched alkanes of at least 4 members (excludes halogenated alkanes) is 1. The minimum Gasteiger partial charge on any atom is -0.487 e. The van der Waals surface area contributed by atoms with Gasteiger partial charge >= 0.3 is 0 Å². The van der Waals surface area contributed by atoms with Gasteiger partial charge in [0.15, 0.2) is 0 Å². The highest BCUT2D eigenvalue weighted by atomic mass is 32.1. The van der Waals surface area contributed by atoms with E-state index in [1.54, 1.807) is 11.3 Å². The second-order valence-corrected chi connectivity index (χ2v) is 8.83. The van der Waals surface area contributed by atoms with E-state index in [1.165, 1.54) is 11.3 Å². The molecule has 1 N–H and O–H groups in total. The highest BCUT2D eigenvalue weighted by molar-refractivity contribution is 7.07. The largest absolute Gasteiger partial charge is 0.487 e. The number of para-hydroxylation sites is 2. The lowest BCUT2D eigenvalue weighted by Gasteiger charge is -2.36. The number of benzene rings is 2. The van der Waals surface area contributed by atoms with Crippen LogP contribution in [0.4, 0.5) is 5.69 Å². The lowest BCUT2D eigenvalue weighted by atomic mass is 10.2. The summed E-state index contributed by atoms with van der Waals surface area (Å²) in [5, 5.41) is 7.23. The second kappa shape index (κ2) is 11.7. The normalized spacial score (nSPS) is 14.3. The molecule has 0 aliphatic carbocycles. The Bertz CT molecular complexity index is 954. The SMILES string of the molecule is O=C(NCCCCN1CCN(c2ccccc2OCc2ccsc2)CC1)c1ccccc1. The van der Waals surface area contributed by atoms with E-state index in [2.05, 4.69) is 50.1 Å². The van der Waals surface area contributed by atoms with Gasteiger partial charge in [0.2, 0.25) is 0 Å². The minimum absolute atomic E-state index is 0.0131. The summed E-state index contributed by atoms with van der Waals surface area (Å²) in [5.74, 6) is 0.973. The number of anilines is 1. The van der Waals surface area contributed by atoms with Gasteiger partial charge in [-0.3, -0.25) is 9.69 Å². The number of carbonyl (C=O) groups is 1. The molecule has 1 aliphatic heterocycles. The van der Waals surface area contributed by atoms with E-state index in [9.17, 15) is 4.79 Å². The van der Waals surface area contributed by atoms with Gasteiger partial charge in [0.1, 0.15) is 12.4 Å². The van der Waals surface area contributed by atoms with Crippen LogP contribution < -0.4 is 15.0 Å². The van der Waals surface area contributed by atoms with Crippen LogP contribution in [0.2, 0.25) is 0 Å². The molecular weight excluding hydrogens is 418 g/mol. The summed E-state index contributed by atoms with van der Waals surface area (Å²) in [7, 11) is 0. The molecule has 5 nitrogen and oxygen atoms in total. The van der Waals surface area contributed by atoms with Crippen LogP contribution in [0.3, 0.4) is 0 Å². The molecule has 1 fully saturated rings. The van der Waals surface area contributed by atoms with Crippen molar-refractivity contribution in [2.45, 2.75) is 19.4 Å². The van der Waals surface area contributed by atoms with Crippen molar-refractivity contribution >= 4 is 22.9 Å². The van der Waals surface area contributed by atoms with Crippen molar-refractivity contribution in [2.75, 3.05) is 44.2 Å². The number of rotatable bonds is 10. The molecule has 0 unspecified atom stereocenters. The smallest absolute Gasteiger partial charge is 0.251 e. The summed E-state index contributed by atoms with van der Waals surface area (Å²) < 4.78 is 6.12. The molecule has 32 heavy (non-hydrogen) atoms. The first kappa shape index (κ1) is 22.4. The molecule has 3 aromatic rings. The number of nitrogens with zero attached hydrogens (tertiary/aromatic N) is 2. The standard InChI is InChI=1S/C26H31N3O2S/c30-26(23-8-2-1-3-9-23)27-13-6-7-14-28-15-17-29(18-16-28)24-10-4-5-11-25(24)31-20-22-12-19-32-21-22/h1-5,8-12,19,21H,6-7,13-18,20H2,(H,27,30). The van der Waals surface area contributed by atoms with Gasteiger partial charge in [-0.15, -0.1) is 0 Å². The summed E-state index contributed by atoms with van der Waals surface area (Å²) in [5.41, 5.74) is 3.13. The zero-order valence-electron chi connectivity index (χ0n) is 18.4. The van der Waals surface area contributed by atoms with E-state index >= 15 is 0 Å². The quantitative estimate of drug-likeness (QED) is 0.457. The van der Waals surface area contributed by atoms with Crippen LogP contribution in [-0.2, 0) is 6.61 Å². The summed E-state index contributed by atoms with van der Waals surface area (Å²) in [6, 6.07) is 19.9. The van der Waals surface area contributed by atoms with Crippen LogP contribution in [0, 0.1) is 0 Å². The highest BCUT2D eigenvalue weighted by Crippen LogP contribution is 2.29. The number of ether oxygens (including phenoxy) is 1. The summed E-state index contributed by atoms with van der Waals surface area (Å²) in [6.07, 6.45) is 2.09. The van der Waals surface area contributed by atoms with Crippen LogP contribution in [0.25, 0.3) is 0 Å². The van der Waals surface area contributed by atoms with E-state index in [4.69, 9.17) is 4.74 Å². The molecule has 4 rings (SSSR count). The van der Waals surface area contributed by atoms with Gasteiger partial charge in [0, 0.05) is 38.3 Å². The number of carbonyl (C=O) groups excluding carboxylic acids is 1. The Labute approximate surface area is 194 Å². The first-order valence-corrected chi connectivity index (χ1v) is 12.3. The fraction of sp³-hybridized carbons (Fsp3) is 0.346. The predicted molar refractivity (Wildman–Crippen MR) is 132 cm³/mol. The summed E-state index contributed by atoms with van der Waals surface area (Å²) in [4.78, 5) is 17.0. The van der Waals surface area contributed by atoms with Crippen LogP contribution >= 0.6 is 11.3 Å². The van der Waals surface area contributed by atoms with Gasteiger partial charge in [-0.2, -0.15) is 11.3 Å². The molecular formula is C26H31N3O2S. The Morgan fingerprint density at radius 3 is 2.50 bits per heavy atom. The van der Waals surface area contributed by atoms with Crippen molar-refractivity contribution in [3.8, 4) is 5.75 Å². The van der Waals surface area contributed by atoms with Crippen molar-refractivity contribution < 1.29 is 9.53 Å². The molecule has 0 radical (unpaired) electrons. The average molecular weight is 450 g/mol.